The Bertz CT molecular complexity index is 949. The fourth-order valence-corrected chi connectivity index (χ4v) is 8.38. The third kappa shape index (κ3) is 6.46. The Morgan fingerprint density at radius 2 is 1.26 bits per heavy atom. The Kier molecular flexibility index (Phi) is 15.1. The topological polar surface area (TPSA) is 0 Å². The fraction of sp³-hybridized carbons (Fsp3) is 0.423. The third-order valence-electron chi connectivity index (χ3n) is 6.63. The van der Waals surface area contributed by atoms with Gasteiger partial charge in [-0.25, -0.2) is 0 Å². The summed E-state index contributed by atoms with van der Waals surface area (Å²) in [4.78, 5) is 0. The van der Waals surface area contributed by atoms with Gasteiger partial charge in [0.1, 0.15) is 0 Å². The number of benzene rings is 2. The van der Waals surface area contributed by atoms with Crippen molar-refractivity contribution in [2.45, 2.75) is 73.8 Å². The molecule has 0 unspecified atom stereocenters. The van der Waals surface area contributed by atoms with Gasteiger partial charge in [0.25, 0.3) is 0 Å². The van der Waals surface area contributed by atoms with Gasteiger partial charge < -0.3 is 37.2 Å². The van der Waals surface area contributed by atoms with Crippen molar-refractivity contribution >= 4 is 29.9 Å². The summed E-state index contributed by atoms with van der Waals surface area (Å²) < 4.78 is 0. The molecule has 0 nitrogen and oxygen atoms in total. The molecule has 0 aromatic heterocycles. The molecule has 167 valence electrons. The summed E-state index contributed by atoms with van der Waals surface area (Å²) in [6, 6.07) is 12.8. The molecule has 0 fully saturated rings. The maximum absolute atomic E-state index is 2.41. The van der Waals surface area contributed by atoms with Crippen LogP contribution in [-0.4, -0.2) is 8.80 Å². The van der Waals surface area contributed by atoms with Crippen molar-refractivity contribution in [1.29, 1.82) is 0 Å². The predicted molar refractivity (Wildman–Crippen MR) is 124 cm³/mol. The zero-order chi connectivity index (χ0) is 19.7. The van der Waals surface area contributed by atoms with E-state index in [0.717, 1.165) is 0 Å². The minimum Gasteiger partial charge on any atom is -1.00 e. The first-order chi connectivity index (χ1) is 12.9. The van der Waals surface area contributed by atoms with Crippen LogP contribution in [0.3, 0.4) is 0 Å². The Morgan fingerprint density at radius 3 is 1.81 bits per heavy atom. The van der Waals surface area contributed by atoms with E-state index in [2.05, 4.69) is 78.8 Å². The maximum Gasteiger partial charge on any atom is 4.00 e. The Hall–Kier alpha value is -0.149. The van der Waals surface area contributed by atoms with Gasteiger partial charge in [0.05, 0.1) is 8.80 Å². The Balaban J connectivity index is 0. The third-order valence-corrected chi connectivity index (χ3v) is 10.1. The average Bonchev–Trinajstić information content (AvgIpc) is 2.99. The van der Waals surface area contributed by atoms with Crippen LogP contribution in [0.25, 0.3) is 10.8 Å². The van der Waals surface area contributed by atoms with E-state index in [9.17, 15) is 0 Å². The number of rotatable bonds is 6. The molecule has 3 aromatic carbocycles. The first-order valence-electron chi connectivity index (χ1n) is 10.5. The van der Waals surface area contributed by atoms with E-state index < -0.39 is 8.80 Å². The molecule has 0 heterocycles. The molecule has 0 saturated carbocycles. The van der Waals surface area contributed by atoms with Crippen molar-refractivity contribution in [2.75, 3.05) is 0 Å². The van der Waals surface area contributed by atoms with Gasteiger partial charge in [-0.05, 0) is 62.4 Å². The van der Waals surface area contributed by atoms with Gasteiger partial charge in [0, 0.05) is 0 Å². The molecule has 0 aliphatic rings. The molecule has 0 saturated heterocycles. The van der Waals surface area contributed by atoms with Crippen molar-refractivity contribution in [3.05, 3.63) is 63.7 Å². The van der Waals surface area contributed by atoms with Gasteiger partial charge in [-0.1, -0.05) is 50.4 Å². The van der Waals surface area contributed by atoms with Gasteiger partial charge in [0.15, 0.2) is 0 Å². The second kappa shape index (κ2) is 14.2. The Morgan fingerprint density at radius 1 is 0.742 bits per heavy atom. The van der Waals surface area contributed by atoms with Crippen LogP contribution in [0, 0.1) is 41.5 Å². The van der Waals surface area contributed by atoms with Crippen molar-refractivity contribution in [1.82, 2.24) is 0 Å². The molecule has 31 heavy (non-hydrogen) atoms. The van der Waals surface area contributed by atoms with Crippen LogP contribution in [0.2, 0.25) is 6.04 Å². The molecule has 3 aromatic rings. The van der Waals surface area contributed by atoms with Crippen LogP contribution in [0.5, 0.6) is 0 Å². The van der Waals surface area contributed by atoms with E-state index in [4.69, 9.17) is 0 Å². The largest absolute Gasteiger partial charge is 4.00 e. The fourth-order valence-electron chi connectivity index (χ4n) is 4.65. The number of hydrogen-bond acceptors (Lipinski definition) is 0. The van der Waals surface area contributed by atoms with Gasteiger partial charge in [-0.2, -0.15) is 6.07 Å². The van der Waals surface area contributed by atoms with Crippen LogP contribution in [0.15, 0.2) is 30.3 Å². The number of aryl methyl sites for hydroxylation is 1. The summed E-state index contributed by atoms with van der Waals surface area (Å²) in [7, 11) is -0.805. The molecular weight excluding hydrogens is 495 g/mol. The monoisotopic (exact) mass is 527 g/mol. The quantitative estimate of drug-likeness (QED) is 0.185. The second-order valence-corrected chi connectivity index (χ2v) is 10.7. The van der Waals surface area contributed by atoms with Crippen molar-refractivity contribution in [3.63, 3.8) is 0 Å². The van der Waals surface area contributed by atoms with E-state index >= 15 is 0 Å². The molecule has 0 aliphatic heterocycles. The molecule has 0 N–H and O–H groups in total. The van der Waals surface area contributed by atoms with Crippen molar-refractivity contribution < 1.29 is 58.9 Å². The normalized spacial score (nSPS) is 10.2. The van der Waals surface area contributed by atoms with E-state index in [1.54, 1.807) is 21.5 Å². The standard InChI is InChI=1S/C26H34Si.3ClH.Ti/c1-8-9-12-15-27(25-17(2)16-23-13-10-11-14-24(23)25)26-21(6)19(4)18(3)20(5)22(26)7;;;;/h10-11,13-14,16H,8-9,12,15H2,1-7H3;3*1H;/q-1;;;;+4/p-3. The minimum atomic E-state index is -0.805. The molecule has 0 amide bonds. The average molecular weight is 529 g/mol. The SMILES string of the molecule is CCCCC[Si](c1c(C)c(C)c(C)c(C)c1C)[c-]1c(C)cc2ccccc21.[Cl-].[Cl-].[Cl-].[Ti+4]. The molecule has 5 heteroatoms. The van der Waals surface area contributed by atoms with Crippen LogP contribution in [0.4, 0.5) is 0 Å². The smallest absolute Gasteiger partial charge is 1.00 e. The zero-order valence-electron chi connectivity index (χ0n) is 19.8. The first-order valence-corrected chi connectivity index (χ1v) is 12.2. The predicted octanol–water partition coefficient (Wildman–Crippen LogP) is -2.78. The summed E-state index contributed by atoms with van der Waals surface area (Å²) in [6.07, 6.45) is 3.97. The maximum atomic E-state index is 2.41. The van der Waals surface area contributed by atoms with Gasteiger partial charge in [-0.3, -0.25) is 0 Å². The first kappa shape index (κ1) is 33.0. The summed E-state index contributed by atoms with van der Waals surface area (Å²) in [5, 5.41) is 6.27. The van der Waals surface area contributed by atoms with Crippen molar-refractivity contribution in [3.8, 4) is 0 Å². The number of fused-ring (bicyclic) bond motifs is 1. The van der Waals surface area contributed by atoms with Crippen LogP contribution < -0.4 is 47.6 Å². The molecular formula is C26H34Cl3SiTi. The molecule has 3 rings (SSSR count). The second-order valence-electron chi connectivity index (χ2n) is 8.23. The van der Waals surface area contributed by atoms with E-state index in [1.165, 1.54) is 58.3 Å². The number of hydrogen-bond donors (Lipinski definition) is 0. The minimum absolute atomic E-state index is 0. The molecule has 0 atom stereocenters. The molecule has 0 aliphatic carbocycles. The molecule has 0 bridgehead atoms. The molecule has 1 radical (unpaired) electrons. The zero-order valence-corrected chi connectivity index (χ0v) is 24.7. The van der Waals surface area contributed by atoms with E-state index in [0.29, 0.717) is 0 Å². The Labute approximate surface area is 225 Å². The van der Waals surface area contributed by atoms with Gasteiger partial charge in [-0.15, -0.1) is 39.7 Å². The summed E-state index contributed by atoms with van der Waals surface area (Å²) in [6.45, 7) is 16.3. The van der Waals surface area contributed by atoms with Gasteiger partial charge in [0.2, 0.25) is 0 Å². The number of unbranched alkanes of at least 4 members (excludes halogenated alkanes) is 2. The van der Waals surface area contributed by atoms with Crippen LogP contribution >= 0.6 is 0 Å². The summed E-state index contributed by atoms with van der Waals surface area (Å²) >= 11 is 0. The summed E-state index contributed by atoms with van der Waals surface area (Å²) in [5.41, 5.74) is 9.07. The van der Waals surface area contributed by atoms with E-state index in [1.807, 2.05) is 0 Å². The van der Waals surface area contributed by atoms with Gasteiger partial charge >= 0.3 is 21.7 Å². The van der Waals surface area contributed by atoms with Crippen LogP contribution in [0.1, 0.15) is 59.6 Å². The van der Waals surface area contributed by atoms with Crippen LogP contribution in [-0.2, 0) is 21.7 Å². The van der Waals surface area contributed by atoms with E-state index in [-0.39, 0.29) is 58.9 Å². The summed E-state index contributed by atoms with van der Waals surface area (Å²) in [5.74, 6) is 0. The molecule has 0 spiro atoms. The number of halogens is 3. The van der Waals surface area contributed by atoms with Crippen molar-refractivity contribution in [2.24, 2.45) is 0 Å².